The van der Waals surface area contributed by atoms with Crippen LogP contribution in [0.5, 0.6) is 0 Å². The van der Waals surface area contributed by atoms with Crippen molar-refractivity contribution in [2.45, 2.75) is 38.3 Å². The van der Waals surface area contributed by atoms with E-state index in [4.69, 9.17) is 0 Å². The third-order valence-electron chi connectivity index (χ3n) is 3.09. The van der Waals surface area contributed by atoms with Gasteiger partial charge in [0, 0.05) is 16.6 Å². The van der Waals surface area contributed by atoms with Crippen LogP contribution in [0.15, 0.2) is 28.7 Å². The number of nitrogens with one attached hydrogen (secondary N) is 1. The van der Waals surface area contributed by atoms with Gasteiger partial charge in [-0.3, -0.25) is 0 Å². The van der Waals surface area contributed by atoms with Crippen LogP contribution >= 0.6 is 15.9 Å². The Morgan fingerprint density at radius 3 is 2.43 bits per heavy atom. The molecule has 1 saturated carbocycles. The van der Waals surface area contributed by atoms with Crippen molar-refractivity contribution in [1.29, 1.82) is 0 Å². The molecule has 1 nitrogen and oxygen atoms in total. The molecule has 1 aromatic carbocycles. The first-order chi connectivity index (χ1) is 6.68. The molecule has 0 bridgehead atoms. The van der Waals surface area contributed by atoms with Crippen molar-refractivity contribution >= 4 is 15.9 Å². The lowest BCUT2D eigenvalue weighted by Crippen LogP contribution is -2.47. The molecule has 14 heavy (non-hydrogen) atoms. The van der Waals surface area contributed by atoms with E-state index in [9.17, 15) is 0 Å². The van der Waals surface area contributed by atoms with Crippen molar-refractivity contribution in [3.05, 3.63) is 34.3 Å². The molecule has 1 aliphatic rings. The zero-order valence-electron chi connectivity index (χ0n) is 8.52. The van der Waals surface area contributed by atoms with Crippen LogP contribution in [0.25, 0.3) is 0 Å². The lowest BCUT2D eigenvalue weighted by atomic mass is 9.78. The van der Waals surface area contributed by atoms with Gasteiger partial charge in [-0.1, -0.05) is 28.1 Å². The topological polar surface area (TPSA) is 12.0 Å². The van der Waals surface area contributed by atoms with Crippen LogP contribution in [-0.4, -0.2) is 5.54 Å². The van der Waals surface area contributed by atoms with E-state index in [-0.39, 0.29) is 0 Å². The highest BCUT2D eigenvalue weighted by Gasteiger charge is 2.30. The van der Waals surface area contributed by atoms with E-state index in [1.54, 1.807) is 0 Å². The van der Waals surface area contributed by atoms with E-state index in [1.165, 1.54) is 24.8 Å². The van der Waals surface area contributed by atoms with Crippen LogP contribution in [0.4, 0.5) is 0 Å². The molecule has 0 radical (unpaired) electrons. The minimum Gasteiger partial charge on any atom is -0.307 e. The molecule has 1 fully saturated rings. The fourth-order valence-corrected chi connectivity index (χ4v) is 2.07. The van der Waals surface area contributed by atoms with Crippen LogP contribution in [0.1, 0.15) is 31.7 Å². The predicted molar refractivity (Wildman–Crippen MR) is 63.2 cm³/mol. The van der Waals surface area contributed by atoms with Gasteiger partial charge in [-0.05, 0) is 43.9 Å². The van der Waals surface area contributed by atoms with E-state index in [1.807, 2.05) is 0 Å². The van der Waals surface area contributed by atoms with E-state index in [0.717, 1.165) is 11.0 Å². The molecule has 0 aromatic heterocycles. The Morgan fingerprint density at radius 2 is 1.93 bits per heavy atom. The van der Waals surface area contributed by atoms with Gasteiger partial charge < -0.3 is 5.32 Å². The second-order valence-electron chi connectivity index (χ2n) is 4.39. The maximum atomic E-state index is 3.62. The second-order valence-corrected chi connectivity index (χ2v) is 5.31. The monoisotopic (exact) mass is 253 g/mol. The zero-order chi connectivity index (χ0) is 10.0. The summed E-state index contributed by atoms with van der Waals surface area (Å²) in [5.41, 5.74) is 1.77. The van der Waals surface area contributed by atoms with E-state index >= 15 is 0 Å². The largest absolute Gasteiger partial charge is 0.307 e. The molecule has 1 N–H and O–H groups in total. The van der Waals surface area contributed by atoms with Crippen molar-refractivity contribution in [2.24, 2.45) is 0 Å². The van der Waals surface area contributed by atoms with Crippen LogP contribution in [0.3, 0.4) is 0 Å². The summed E-state index contributed by atoms with van der Waals surface area (Å²) in [6.45, 7) is 3.30. The Labute approximate surface area is 94.0 Å². The normalized spacial score (nSPS) is 19.0. The molecule has 0 spiro atoms. The average molecular weight is 254 g/mol. The zero-order valence-corrected chi connectivity index (χ0v) is 10.1. The van der Waals surface area contributed by atoms with E-state index < -0.39 is 0 Å². The highest BCUT2D eigenvalue weighted by molar-refractivity contribution is 9.10. The molecule has 1 aromatic rings. The van der Waals surface area contributed by atoms with Crippen LogP contribution in [-0.2, 0) is 6.54 Å². The summed E-state index contributed by atoms with van der Waals surface area (Å²) in [6, 6.07) is 8.53. The molecule has 0 aliphatic heterocycles. The molecule has 0 heterocycles. The van der Waals surface area contributed by atoms with E-state index in [0.29, 0.717) is 5.54 Å². The second kappa shape index (κ2) is 4.03. The Balaban J connectivity index is 1.88. The maximum Gasteiger partial charge on any atom is 0.0210 e. The summed E-state index contributed by atoms with van der Waals surface area (Å²) < 4.78 is 1.15. The number of hydrogen-bond donors (Lipinski definition) is 1. The minimum absolute atomic E-state index is 0.410. The number of halogens is 1. The van der Waals surface area contributed by atoms with Crippen molar-refractivity contribution in [3.63, 3.8) is 0 Å². The molecule has 0 unspecified atom stereocenters. The molecule has 76 valence electrons. The van der Waals surface area contributed by atoms with Crippen molar-refractivity contribution < 1.29 is 0 Å². The Hall–Kier alpha value is -0.340. The van der Waals surface area contributed by atoms with Gasteiger partial charge in [0.1, 0.15) is 0 Å². The predicted octanol–water partition coefficient (Wildman–Crippen LogP) is 3.48. The third-order valence-corrected chi connectivity index (χ3v) is 3.62. The molecule has 0 amide bonds. The summed E-state index contributed by atoms with van der Waals surface area (Å²) in [6.07, 6.45) is 4.02. The smallest absolute Gasteiger partial charge is 0.0210 e. The number of hydrogen-bond acceptors (Lipinski definition) is 1. The quantitative estimate of drug-likeness (QED) is 0.870. The summed E-state index contributed by atoms with van der Waals surface area (Å²) in [4.78, 5) is 0. The van der Waals surface area contributed by atoms with Gasteiger partial charge in [0.15, 0.2) is 0 Å². The van der Waals surface area contributed by atoms with Gasteiger partial charge in [-0.2, -0.15) is 0 Å². The van der Waals surface area contributed by atoms with Crippen molar-refractivity contribution in [3.8, 4) is 0 Å². The van der Waals surface area contributed by atoms with Gasteiger partial charge in [-0.15, -0.1) is 0 Å². The lowest BCUT2D eigenvalue weighted by Gasteiger charge is -2.39. The SMILES string of the molecule is CC1(NCc2ccc(Br)cc2)CCC1. The van der Waals surface area contributed by atoms with Gasteiger partial charge in [-0.25, -0.2) is 0 Å². The third kappa shape index (κ3) is 2.37. The maximum absolute atomic E-state index is 3.62. The summed E-state index contributed by atoms with van der Waals surface area (Å²) in [5, 5.41) is 3.62. The average Bonchev–Trinajstić information content (AvgIpc) is 2.14. The first-order valence-electron chi connectivity index (χ1n) is 5.17. The molecule has 2 heteroatoms. The fourth-order valence-electron chi connectivity index (χ4n) is 1.80. The highest BCUT2D eigenvalue weighted by atomic mass is 79.9. The van der Waals surface area contributed by atoms with Gasteiger partial charge in [0.25, 0.3) is 0 Å². The summed E-state index contributed by atoms with van der Waals surface area (Å²) in [5.74, 6) is 0. The molecular formula is C12H16BrN. The standard InChI is InChI=1S/C12H16BrN/c1-12(7-2-8-12)14-9-10-3-5-11(13)6-4-10/h3-6,14H,2,7-9H2,1H3. The molecule has 2 rings (SSSR count). The number of rotatable bonds is 3. The van der Waals surface area contributed by atoms with E-state index in [2.05, 4.69) is 52.4 Å². The molecular weight excluding hydrogens is 238 g/mol. The summed E-state index contributed by atoms with van der Waals surface area (Å²) >= 11 is 3.44. The minimum atomic E-state index is 0.410. The Bertz CT molecular complexity index is 301. The van der Waals surface area contributed by atoms with Gasteiger partial charge in [0.2, 0.25) is 0 Å². The lowest BCUT2D eigenvalue weighted by molar-refractivity contribution is 0.207. The van der Waals surface area contributed by atoms with Crippen LogP contribution in [0, 0.1) is 0 Å². The summed E-state index contributed by atoms with van der Waals surface area (Å²) in [7, 11) is 0. The highest BCUT2D eigenvalue weighted by Crippen LogP contribution is 2.31. The molecule has 0 saturated heterocycles. The van der Waals surface area contributed by atoms with Crippen molar-refractivity contribution in [2.75, 3.05) is 0 Å². The van der Waals surface area contributed by atoms with Gasteiger partial charge >= 0.3 is 0 Å². The molecule has 0 atom stereocenters. The Morgan fingerprint density at radius 1 is 1.29 bits per heavy atom. The number of benzene rings is 1. The first-order valence-corrected chi connectivity index (χ1v) is 5.97. The van der Waals surface area contributed by atoms with Crippen molar-refractivity contribution in [1.82, 2.24) is 5.32 Å². The fraction of sp³-hybridized carbons (Fsp3) is 0.500. The molecule has 1 aliphatic carbocycles. The Kier molecular flexibility index (Phi) is 2.93. The van der Waals surface area contributed by atoms with Crippen LogP contribution < -0.4 is 5.32 Å². The van der Waals surface area contributed by atoms with Gasteiger partial charge in [0.05, 0.1) is 0 Å². The van der Waals surface area contributed by atoms with Crippen LogP contribution in [0.2, 0.25) is 0 Å². The first kappa shape index (κ1) is 10.2.